The Bertz CT molecular complexity index is 101. The Kier molecular flexibility index (Phi) is 4.78. The van der Waals surface area contributed by atoms with E-state index >= 15 is 0 Å². The van der Waals surface area contributed by atoms with Gasteiger partial charge in [0.05, 0.1) is 14.1 Å². The lowest BCUT2D eigenvalue weighted by Crippen LogP contribution is -1.66. The summed E-state index contributed by atoms with van der Waals surface area (Å²) in [5.74, 6) is 1.10. The minimum Gasteiger partial charge on any atom is -0.282 e. The van der Waals surface area contributed by atoms with Crippen molar-refractivity contribution < 1.29 is 8.96 Å². The van der Waals surface area contributed by atoms with Gasteiger partial charge < -0.3 is 0 Å². The van der Waals surface area contributed by atoms with Gasteiger partial charge in [-0.1, -0.05) is 6.92 Å². The highest BCUT2D eigenvalue weighted by molar-refractivity contribution is 7.48. The highest BCUT2D eigenvalue weighted by Crippen LogP contribution is 2.22. The predicted octanol–water partition coefficient (Wildman–Crippen LogP) is 2.66. The second-order valence-electron chi connectivity index (χ2n) is 1.42. The Hall–Kier alpha value is -0.230. The second-order valence-corrected chi connectivity index (χ2v) is 3.00. The molecule has 0 spiro atoms. The maximum atomic E-state index is 11.2. The first-order valence-electron chi connectivity index (χ1n) is 2.52. The van der Waals surface area contributed by atoms with Crippen molar-refractivity contribution in [2.75, 3.05) is 6.16 Å². The summed E-state index contributed by atoms with van der Waals surface area (Å²) in [6.07, 6.45) is 1.78. The summed E-state index contributed by atoms with van der Waals surface area (Å²) in [4.78, 5) is 0. The van der Waals surface area contributed by atoms with E-state index in [9.17, 15) is 8.96 Å². The van der Waals surface area contributed by atoms with E-state index in [4.69, 9.17) is 0 Å². The third-order valence-electron chi connectivity index (χ3n) is 0.667. The molecule has 1 nitrogen and oxygen atoms in total. The van der Waals surface area contributed by atoms with Crippen molar-refractivity contribution in [1.82, 2.24) is 0 Å². The van der Waals surface area contributed by atoms with Gasteiger partial charge in [-0.3, -0.25) is 4.57 Å². The fourth-order valence-electron chi connectivity index (χ4n) is 0.358. The summed E-state index contributed by atoms with van der Waals surface area (Å²) in [6.45, 7) is 1.92. The van der Waals surface area contributed by atoms with Crippen LogP contribution in [0.2, 0.25) is 0 Å². The molecule has 0 bridgehead atoms. The van der Waals surface area contributed by atoms with Crippen LogP contribution < -0.4 is 0 Å². The van der Waals surface area contributed by atoms with Crippen LogP contribution in [0.1, 0.15) is 13.3 Å². The number of halogens is 1. The number of rotatable bonds is 3. The molecule has 0 rings (SSSR count). The summed E-state index contributed by atoms with van der Waals surface area (Å²) < 4.78 is 21.7. The fourth-order valence-corrected chi connectivity index (χ4v) is 1.07. The van der Waals surface area contributed by atoms with E-state index < -0.39 is 7.80 Å². The Morgan fingerprint density at radius 3 is 2.75 bits per heavy atom. The first-order valence-corrected chi connectivity index (χ1v) is 4.03. The predicted molar refractivity (Wildman–Crippen MR) is 33.0 cm³/mol. The molecule has 47 valence electrons. The van der Waals surface area contributed by atoms with Gasteiger partial charge >= 0.3 is 0 Å². The Labute approximate surface area is 49.4 Å². The van der Waals surface area contributed by atoms with E-state index in [1.807, 2.05) is 6.92 Å². The molecule has 3 heteroatoms. The minimum atomic E-state index is -1.39. The Morgan fingerprint density at radius 2 is 2.38 bits per heavy atom. The molecule has 0 aromatic heterocycles. The van der Waals surface area contributed by atoms with E-state index in [2.05, 4.69) is 0 Å². The summed E-state index contributed by atoms with van der Waals surface area (Å²) in [7, 11) is -1.39. The smallest absolute Gasteiger partial charge is 0.0988 e. The van der Waals surface area contributed by atoms with Gasteiger partial charge in [0.25, 0.3) is 0 Å². The van der Waals surface area contributed by atoms with Crippen molar-refractivity contribution in [3.63, 3.8) is 0 Å². The second kappa shape index (κ2) is 4.92. The van der Waals surface area contributed by atoms with Gasteiger partial charge in [-0.15, -0.1) is 0 Å². The van der Waals surface area contributed by atoms with Gasteiger partial charge in [0, 0.05) is 12.0 Å². The van der Waals surface area contributed by atoms with Gasteiger partial charge in [-0.05, 0) is 6.42 Å². The van der Waals surface area contributed by atoms with Crippen molar-refractivity contribution in [2.24, 2.45) is 0 Å². The number of hydrogen-bond donors (Lipinski definition) is 0. The molecule has 0 heterocycles. The van der Waals surface area contributed by atoms with Crippen LogP contribution in [0.15, 0.2) is 12.1 Å². The first kappa shape index (κ1) is 7.77. The zero-order chi connectivity index (χ0) is 6.41. The van der Waals surface area contributed by atoms with E-state index in [1.54, 1.807) is 0 Å². The molecule has 0 aliphatic rings. The third kappa shape index (κ3) is 3.94. The standard InChI is InChI=1S/C5H9FOP/c1-2-4-8(7)5-3-6/h3,5H,2,4H2,1H3. The molecule has 0 aliphatic carbocycles. The summed E-state index contributed by atoms with van der Waals surface area (Å²) in [5, 5.41) is 0. The summed E-state index contributed by atoms with van der Waals surface area (Å²) in [5.41, 5.74) is 0. The van der Waals surface area contributed by atoms with Crippen LogP contribution >= 0.6 is 7.80 Å². The molecule has 1 radical (unpaired) electrons. The summed E-state index contributed by atoms with van der Waals surface area (Å²) >= 11 is 0. The first-order chi connectivity index (χ1) is 3.81. The van der Waals surface area contributed by atoms with Crippen LogP contribution in [0.25, 0.3) is 0 Å². The fraction of sp³-hybridized carbons (Fsp3) is 0.600. The molecule has 8 heavy (non-hydrogen) atoms. The zero-order valence-corrected chi connectivity index (χ0v) is 5.70. The SMILES string of the molecule is CCC[P](=O)C=CF. The minimum absolute atomic E-state index is 0.342. The van der Waals surface area contributed by atoms with E-state index in [0.717, 1.165) is 12.2 Å². The normalized spacial score (nSPS) is 12.5. The van der Waals surface area contributed by atoms with Crippen molar-refractivity contribution in [3.05, 3.63) is 12.1 Å². The average Bonchev–Trinajstić information content (AvgIpc) is 1.68. The monoisotopic (exact) mass is 135 g/mol. The van der Waals surface area contributed by atoms with E-state index in [-0.39, 0.29) is 0 Å². The Morgan fingerprint density at radius 1 is 1.75 bits per heavy atom. The largest absolute Gasteiger partial charge is 0.282 e. The van der Waals surface area contributed by atoms with Crippen LogP contribution in [-0.4, -0.2) is 6.16 Å². The molecular formula is C5H9FOP. The van der Waals surface area contributed by atoms with Crippen LogP contribution in [0, 0.1) is 0 Å². The quantitative estimate of drug-likeness (QED) is 0.543. The molecule has 0 saturated heterocycles. The van der Waals surface area contributed by atoms with Crippen LogP contribution in [0.3, 0.4) is 0 Å². The lowest BCUT2D eigenvalue weighted by molar-refractivity contribution is 0.591. The van der Waals surface area contributed by atoms with Gasteiger partial charge in [0.2, 0.25) is 0 Å². The van der Waals surface area contributed by atoms with Crippen LogP contribution in [-0.2, 0) is 4.57 Å². The van der Waals surface area contributed by atoms with Gasteiger partial charge in [-0.25, -0.2) is 4.39 Å². The van der Waals surface area contributed by atoms with Gasteiger partial charge in [0.15, 0.2) is 0 Å². The van der Waals surface area contributed by atoms with E-state index in [1.165, 1.54) is 0 Å². The van der Waals surface area contributed by atoms with Gasteiger partial charge in [-0.2, -0.15) is 0 Å². The van der Waals surface area contributed by atoms with Crippen molar-refractivity contribution in [2.45, 2.75) is 13.3 Å². The molecule has 1 atom stereocenters. The molecule has 1 unspecified atom stereocenters. The molecular weight excluding hydrogens is 126 g/mol. The zero-order valence-electron chi connectivity index (χ0n) is 4.80. The van der Waals surface area contributed by atoms with Crippen molar-refractivity contribution in [3.8, 4) is 0 Å². The topological polar surface area (TPSA) is 17.1 Å². The molecule has 0 amide bonds. The Balaban J connectivity index is 3.33. The lowest BCUT2D eigenvalue weighted by Gasteiger charge is -1.84. The highest BCUT2D eigenvalue weighted by atomic mass is 31.1. The van der Waals surface area contributed by atoms with Crippen molar-refractivity contribution in [1.29, 1.82) is 0 Å². The molecule has 0 aliphatic heterocycles. The highest BCUT2D eigenvalue weighted by Gasteiger charge is 1.88. The summed E-state index contributed by atoms with van der Waals surface area (Å²) in [6, 6.07) is 0. The van der Waals surface area contributed by atoms with Crippen LogP contribution in [0.5, 0.6) is 0 Å². The molecule has 0 fully saturated rings. The molecule has 0 aromatic carbocycles. The number of hydrogen-bond acceptors (Lipinski definition) is 1. The van der Waals surface area contributed by atoms with E-state index in [0.29, 0.717) is 12.5 Å². The lowest BCUT2D eigenvalue weighted by atomic mass is 10.6. The maximum Gasteiger partial charge on any atom is 0.0988 e. The third-order valence-corrected chi connectivity index (χ3v) is 2.00. The molecule has 0 N–H and O–H groups in total. The molecule has 0 aromatic rings. The van der Waals surface area contributed by atoms with Crippen molar-refractivity contribution >= 4 is 7.80 Å². The molecule has 0 saturated carbocycles. The average molecular weight is 135 g/mol. The maximum absolute atomic E-state index is 11.2. The van der Waals surface area contributed by atoms with Gasteiger partial charge in [0.1, 0.15) is 0 Å². The van der Waals surface area contributed by atoms with Crippen LogP contribution in [0.4, 0.5) is 4.39 Å².